The van der Waals surface area contributed by atoms with Crippen molar-refractivity contribution < 1.29 is 17.9 Å². The summed E-state index contributed by atoms with van der Waals surface area (Å²) in [5, 5.41) is 6.07. The lowest BCUT2D eigenvalue weighted by Gasteiger charge is -2.13. The van der Waals surface area contributed by atoms with E-state index in [0.717, 1.165) is 6.07 Å². The number of hydrogen-bond acceptors (Lipinski definition) is 3. The van der Waals surface area contributed by atoms with Crippen LogP contribution in [-0.2, 0) is 13.5 Å². The van der Waals surface area contributed by atoms with Crippen LogP contribution in [0.4, 0.5) is 13.2 Å². The molecule has 0 saturated heterocycles. The zero-order valence-corrected chi connectivity index (χ0v) is 16.1. The number of halogens is 5. The number of nitrogens with one attached hydrogen (secondary N) is 1. The van der Waals surface area contributed by atoms with Gasteiger partial charge in [-0.2, -0.15) is 5.10 Å². The molecule has 3 rings (SSSR count). The third-order valence-electron chi connectivity index (χ3n) is 3.82. The number of hydrogen-bond donors (Lipinski definition) is 1. The Balaban J connectivity index is 1.97. The Morgan fingerprint density at radius 2 is 2.07 bits per heavy atom. The number of ether oxygens (including phenoxy) is 1. The van der Waals surface area contributed by atoms with Crippen LogP contribution < -0.4 is 10.4 Å². The van der Waals surface area contributed by atoms with E-state index in [1.807, 2.05) is 0 Å². The second-order valence-electron chi connectivity index (χ2n) is 5.65. The smallest absolute Gasteiger partial charge is 0.343 e. The third-order valence-corrected chi connectivity index (χ3v) is 4.57. The summed E-state index contributed by atoms with van der Waals surface area (Å²) in [6, 6.07) is 6.63. The number of nitrogens with zero attached hydrogens (tertiary/aromatic N) is 2. The van der Waals surface area contributed by atoms with Crippen LogP contribution >= 0.6 is 27.5 Å². The molecule has 0 aliphatic carbocycles. The fourth-order valence-corrected chi connectivity index (χ4v) is 3.07. The molecule has 1 heterocycles. The Hall–Kier alpha value is -2.26. The van der Waals surface area contributed by atoms with E-state index in [-0.39, 0.29) is 34.1 Å². The van der Waals surface area contributed by atoms with Crippen LogP contribution in [0.3, 0.4) is 0 Å². The van der Waals surface area contributed by atoms with E-state index in [1.54, 1.807) is 0 Å². The molecule has 0 bridgehead atoms. The summed E-state index contributed by atoms with van der Waals surface area (Å²) < 4.78 is 47.9. The fraction of sp³-hybridized carbons (Fsp3) is 0.176. The molecule has 27 heavy (non-hydrogen) atoms. The van der Waals surface area contributed by atoms with Crippen LogP contribution in [0.5, 0.6) is 11.5 Å². The van der Waals surface area contributed by atoms with Crippen molar-refractivity contribution in [3.8, 4) is 11.5 Å². The van der Waals surface area contributed by atoms with Gasteiger partial charge < -0.3 is 4.74 Å². The minimum Gasteiger partial charge on any atom is -0.453 e. The molecule has 0 radical (unpaired) electrons. The first-order valence-corrected chi connectivity index (χ1v) is 8.77. The van der Waals surface area contributed by atoms with Gasteiger partial charge >= 0.3 is 5.69 Å². The molecule has 0 fully saturated rings. The quantitative estimate of drug-likeness (QED) is 0.581. The maximum absolute atomic E-state index is 14.9. The molecule has 0 unspecified atom stereocenters. The highest BCUT2D eigenvalue weighted by Gasteiger charge is 2.18. The number of alkyl halides is 2. The highest BCUT2D eigenvalue weighted by atomic mass is 79.9. The minimum absolute atomic E-state index is 0.00444. The normalized spacial score (nSPS) is 11.2. The first-order chi connectivity index (χ1) is 12.8. The van der Waals surface area contributed by atoms with E-state index in [9.17, 15) is 18.0 Å². The van der Waals surface area contributed by atoms with Crippen LogP contribution in [0.15, 0.2) is 39.6 Å². The van der Waals surface area contributed by atoms with Crippen LogP contribution in [0.1, 0.15) is 23.4 Å². The average molecular weight is 463 g/mol. The van der Waals surface area contributed by atoms with Gasteiger partial charge in [0.2, 0.25) is 0 Å². The van der Waals surface area contributed by atoms with Gasteiger partial charge in [0.15, 0.2) is 11.6 Å². The van der Waals surface area contributed by atoms with Crippen molar-refractivity contribution in [3.63, 3.8) is 0 Å². The SMILES string of the molecule is Cn1c(Cc2ccc(Cl)c(Oc3cc(Br)cc(C(F)F)c3)c2F)n[nH]c1=O. The number of H-pyrrole nitrogens is 1. The maximum atomic E-state index is 14.9. The van der Waals surface area contributed by atoms with E-state index in [2.05, 4.69) is 26.1 Å². The van der Waals surface area contributed by atoms with E-state index < -0.39 is 17.9 Å². The van der Waals surface area contributed by atoms with Gasteiger partial charge in [-0.15, -0.1) is 0 Å². The Bertz CT molecular complexity index is 1050. The van der Waals surface area contributed by atoms with Crippen molar-refractivity contribution in [1.29, 1.82) is 0 Å². The number of aromatic nitrogens is 3. The Morgan fingerprint density at radius 3 is 2.70 bits per heavy atom. The second kappa shape index (κ2) is 7.77. The molecule has 0 aliphatic heterocycles. The van der Waals surface area contributed by atoms with Crippen molar-refractivity contribution in [2.75, 3.05) is 0 Å². The molecule has 0 atom stereocenters. The number of benzene rings is 2. The van der Waals surface area contributed by atoms with E-state index in [4.69, 9.17) is 16.3 Å². The largest absolute Gasteiger partial charge is 0.453 e. The molecular weight excluding hydrogens is 451 g/mol. The molecule has 0 spiro atoms. The van der Waals surface area contributed by atoms with Crippen molar-refractivity contribution in [3.05, 3.63) is 73.1 Å². The van der Waals surface area contributed by atoms with Gasteiger partial charge in [0, 0.05) is 23.5 Å². The van der Waals surface area contributed by atoms with Crippen LogP contribution in [0.25, 0.3) is 0 Å². The maximum Gasteiger partial charge on any atom is 0.343 e. The minimum atomic E-state index is -2.71. The molecule has 1 N–H and O–H groups in total. The summed E-state index contributed by atoms with van der Waals surface area (Å²) in [5.74, 6) is -0.746. The zero-order chi connectivity index (χ0) is 19.7. The van der Waals surface area contributed by atoms with Gasteiger partial charge in [0.05, 0.1) is 5.02 Å². The van der Waals surface area contributed by atoms with Gasteiger partial charge in [-0.1, -0.05) is 33.6 Å². The predicted molar refractivity (Wildman–Crippen MR) is 97.2 cm³/mol. The number of rotatable bonds is 5. The zero-order valence-electron chi connectivity index (χ0n) is 13.8. The van der Waals surface area contributed by atoms with Crippen molar-refractivity contribution in [2.45, 2.75) is 12.8 Å². The van der Waals surface area contributed by atoms with Gasteiger partial charge in [0.1, 0.15) is 11.6 Å². The molecule has 1 aromatic heterocycles. The summed E-state index contributed by atoms with van der Waals surface area (Å²) >= 11 is 9.15. The Kier molecular flexibility index (Phi) is 5.61. The lowest BCUT2D eigenvalue weighted by molar-refractivity contribution is 0.151. The Labute approximate surface area is 164 Å². The standard InChI is InChI=1S/C17H12BrClF3N3O2/c1-25-13(23-24-17(25)26)6-8-2-3-12(19)15(14(8)20)27-11-5-9(16(21)22)4-10(18)7-11/h2-5,7,16H,6H2,1H3,(H,24,26). The monoisotopic (exact) mass is 461 g/mol. The first-order valence-electron chi connectivity index (χ1n) is 7.60. The van der Waals surface area contributed by atoms with E-state index in [1.165, 1.54) is 35.9 Å². The molecular formula is C17H12BrClF3N3O2. The molecule has 0 amide bonds. The molecule has 0 aliphatic rings. The van der Waals surface area contributed by atoms with Gasteiger partial charge in [-0.3, -0.25) is 4.57 Å². The summed E-state index contributed by atoms with van der Waals surface area (Å²) in [6.07, 6.45) is -2.70. The van der Waals surface area contributed by atoms with E-state index >= 15 is 0 Å². The topological polar surface area (TPSA) is 59.9 Å². The molecule has 2 aromatic carbocycles. The highest BCUT2D eigenvalue weighted by Crippen LogP contribution is 2.36. The lowest BCUT2D eigenvalue weighted by atomic mass is 10.1. The predicted octanol–water partition coefficient (Wildman–Crippen LogP) is 4.98. The van der Waals surface area contributed by atoms with Gasteiger partial charge in [-0.05, 0) is 29.8 Å². The fourth-order valence-electron chi connectivity index (χ4n) is 2.40. The summed E-state index contributed by atoms with van der Waals surface area (Å²) in [4.78, 5) is 11.4. The van der Waals surface area contributed by atoms with Crippen molar-refractivity contribution in [1.82, 2.24) is 14.8 Å². The molecule has 3 aromatic rings. The first kappa shape index (κ1) is 19.5. The highest BCUT2D eigenvalue weighted by molar-refractivity contribution is 9.10. The summed E-state index contributed by atoms with van der Waals surface area (Å²) in [7, 11) is 1.50. The third kappa shape index (κ3) is 4.19. The molecule has 0 saturated carbocycles. The summed E-state index contributed by atoms with van der Waals surface area (Å²) in [5.41, 5.74) is -0.524. The van der Waals surface area contributed by atoms with Gasteiger partial charge in [-0.25, -0.2) is 23.1 Å². The van der Waals surface area contributed by atoms with Crippen molar-refractivity contribution in [2.24, 2.45) is 7.05 Å². The molecule has 142 valence electrons. The summed E-state index contributed by atoms with van der Waals surface area (Å²) in [6.45, 7) is 0. The Morgan fingerprint density at radius 1 is 1.33 bits per heavy atom. The van der Waals surface area contributed by atoms with E-state index in [0.29, 0.717) is 10.3 Å². The van der Waals surface area contributed by atoms with Crippen LogP contribution in [0.2, 0.25) is 5.02 Å². The van der Waals surface area contributed by atoms with Crippen LogP contribution in [-0.4, -0.2) is 14.8 Å². The second-order valence-corrected chi connectivity index (χ2v) is 6.98. The molecule has 10 heteroatoms. The number of aromatic amines is 1. The molecule has 5 nitrogen and oxygen atoms in total. The average Bonchev–Trinajstić information content (AvgIpc) is 2.92. The van der Waals surface area contributed by atoms with Crippen LogP contribution in [0, 0.1) is 5.82 Å². The lowest BCUT2D eigenvalue weighted by Crippen LogP contribution is -2.15. The van der Waals surface area contributed by atoms with Gasteiger partial charge in [0.25, 0.3) is 6.43 Å². The van der Waals surface area contributed by atoms with Crippen molar-refractivity contribution >= 4 is 27.5 Å².